The molecule has 0 saturated heterocycles. The summed E-state index contributed by atoms with van der Waals surface area (Å²) in [5.41, 5.74) is 1.08. The number of benzene rings is 1. The second-order valence-corrected chi connectivity index (χ2v) is 5.60. The molecule has 1 aromatic carbocycles. The molecule has 2 heterocycles. The van der Waals surface area contributed by atoms with Crippen molar-refractivity contribution in [2.45, 2.75) is 13.0 Å². The van der Waals surface area contributed by atoms with Crippen molar-refractivity contribution in [2.24, 2.45) is 0 Å². The molecule has 0 saturated carbocycles. The summed E-state index contributed by atoms with van der Waals surface area (Å²) >= 11 is 0. The molecule has 0 atom stereocenters. The van der Waals surface area contributed by atoms with Crippen LogP contribution >= 0.6 is 0 Å². The predicted octanol–water partition coefficient (Wildman–Crippen LogP) is 1.29. The van der Waals surface area contributed by atoms with Crippen LogP contribution in [0.1, 0.15) is 22.7 Å². The number of ether oxygens (including phenoxy) is 1. The van der Waals surface area contributed by atoms with Gasteiger partial charge in [-0.2, -0.15) is 5.10 Å². The van der Waals surface area contributed by atoms with E-state index in [0.717, 1.165) is 5.69 Å². The van der Waals surface area contributed by atoms with Crippen molar-refractivity contribution < 1.29 is 19.2 Å². The normalized spacial score (nSPS) is 10.7. The van der Waals surface area contributed by atoms with Gasteiger partial charge in [0, 0.05) is 26.3 Å². The summed E-state index contributed by atoms with van der Waals surface area (Å²) in [7, 11) is 1.65. The lowest BCUT2D eigenvalue weighted by molar-refractivity contribution is 0.0776. The minimum absolute atomic E-state index is 0.0330. The van der Waals surface area contributed by atoms with Gasteiger partial charge in [-0.05, 0) is 30.7 Å². The van der Waals surface area contributed by atoms with E-state index in [1.54, 1.807) is 24.1 Å². The van der Waals surface area contributed by atoms with Gasteiger partial charge in [0.2, 0.25) is 0 Å². The van der Waals surface area contributed by atoms with Crippen molar-refractivity contribution >= 4 is 5.91 Å². The highest BCUT2D eigenvalue weighted by Gasteiger charge is 2.16. The third-order valence-corrected chi connectivity index (χ3v) is 3.68. The molecule has 9 heteroatoms. The molecule has 3 rings (SSSR count). The van der Waals surface area contributed by atoms with Crippen LogP contribution in [0.25, 0.3) is 5.69 Å². The fourth-order valence-electron chi connectivity index (χ4n) is 2.28. The number of amides is 1. The van der Waals surface area contributed by atoms with E-state index in [2.05, 4.69) is 15.2 Å². The second-order valence-electron chi connectivity index (χ2n) is 5.60. The standard InChI is InChI=1S/C17H19N5O4/c1-21(7-2-8-23)17(24)16-9-15(26-20-16)10-25-14-5-3-13(4-6-14)22-12-18-11-19-22/h3-6,9,11-12,23H,2,7-8,10H2,1H3. The Morgan fingerprint density at radius 3 is 2.85 bits per heavy atom. The van der Waals surface area contributed by atoms with Crippen LogP contribution in [0.15, 0.2) is 47.5 Å². The largest absolute Gasteiger partial charge is 0.486 e. The summed E-state index contributed by atoms with van der Waals surface area (Å²) in [4.78, 5) is 17.5. The average Bonchev–Trinajstić information content (AvgIpc) is 3.36. The van der Waals surface area contributed by atoms with Gasteiger partial charge in [-0.1, -0.05) is 5.16 Å². The first-order valence-electron chi connectivity index (χ1n) is 8.07. The second kappa shape index (κ2) is 8.26. The maximum absolute atomic E-state index is 12.2. The van der Waals surface area contributed by atoms with E-state index in [4.69, 9.17) is 14.4 Å². The lowest BCUT2D eigenvalue weighted by atomic mass is 10.3. The zero-order valence-corrected chi connectivity index (χ0v) is 14.3. The van der Waals surface area contributed by atoms with Gasteiger partial charge in [-0.15, -0.1) is 0 Å². The van der Waals surface area contributed by atoms with Gasteiger partial charge in [0.25, 0.3) is 5.91 Å². The molecule has 9 nitrogen and oxygen atoms in total. The molecule has 136 valence electrons. The van der Waals surface area contributed by atoms with E-state index in [-0.39, 0.29) is 24.8 Å². The SMILES string of the molecule is CN(CCCO)C(=O)c1cc(COc2ccc(-n3cncn3)cc2)on1. The number of carbonyl (C=O) groups excluding carboxylic acids is 1. The molecule has 26 heavy (non-hydrogen) atoms. The number of aromatic nitrogens is 4. The van der Waals surface area contributed by atoms with Gasteiger partial charge in [0.15, 0.2) is 11.5 Å². The molecule has 1 amide bonds. The first-order chi connectivity index (χ1) is 12.7. The van der Waals surface area contributed by atoms with Crippen LogP contribution in [0, 0.1) is 0 Å². The minimum atomic E-state index is -0.259. The van der Waals surface area contributed by atoms with Crippen LogP contribution in [0.4, 0.5) is 0 Å². The quantitative estimate of drug-likeness (QED) is 0.647. The molecule has 0 aliphatic rings. The molecule has 3 aromatic rings. The first kappa shape index (κ1) is 17.6. The van der Waals surface area contributed by atoms with Crippen molar-refractivity contribution in [3.8, 4) is 11.4 Å². The van der Waals surface area contributed by atoms with Crippen molar-refractivity contribution in [3.63, 3.8) is 0 Å². The van der Waals surface area contributed by atoms with Crippen LogP contribution in [0.5, 0.6) is 5.75 Å². The molecule has 0 aliphatic heterocycles. The molecule has 1 N–H and O–H groups in total. The number of hydrogen-bond acceptors (Lipinski definition) is 7. The molecule has 0 unspecified atom stereocenters. The Balaban J connectivity index is 1.55. The molecule has 0 fully saturated rings. The van der Waals surface area contributed by atoms with Crippen molar-refractivity contribution in [3.05, 3.63) is 54.4 Å². The van der Waals surface area contributed by atoms with E-state index >= 15 is 0 Å². The van der Waals surface area contributed by atoms with Gasteiger partial charge in [0.05, 0.1) is 5.69 Å². The number of hydrogen-bond donors (Lipinski definition) is 1. The van der Waals surface area contributed by atoms with Gasteiger partial charge < -0.3 is 19.3 Å². The molecular formula is C17H19N5O4. The molecule has 0 radical (unpaired) electrons. The lowest BCUT2D eigenvalue weighted by Crippen LogP contribution is -2.28. The summed E-state index contributed by atoms with van der Waals surface area (Å²) in [6.45, 7) is 0.640. The molecule has 0 bridgehead atoms. The summed E-state index contributed by atoms with van der Waals surface area (Å²) in [5, 5.41) is 16.7. The Morgan fingerprint density at radius 2 is 2.15 bits per heavy atom. The van der Waals surface area contributed by atoms with Crippen LogP contribution in [0.3, 0.4) is 0 Å². The summed E-state index contributed by atoms with van der Waals surface area (Å²) in [5.74, 6) is 0.841. The van der Waals surface area contributed by atoms with Gasteiger partial charge in [0.1, 0.15) is 25.0 Å². The molecule has 2 aromatic heterocycles. The van der Waals surface area contributed by atoms with Crippen molar-refractivity contribution in [2.75, 3.05) is 20.2 Å². The maximum Gasteiger partial charge on any atom is 0.275 e. The molecular weight excluding hydrogens is 338 g/mol. The number of aliphatic hydroxyl groups is 1. The first-order valence-corrected chi connectivity index (χ1v) is 8.07. The third kappa shape index (κ3) is 4.25. The van der Waals surface area contributed by atoms with Crippen molar-refractivity contribution in [1.29, 1.82) is 0 Å². The fraction of sp³-hybridized carbons (Fsp3) is 0.294. The Morgan fingerprint density at radius 1 is 1.35 bits per heavy atom. The highest BCUT2D eigenvalue weighted by Crippen LogP contribution is 2.16. The van der Waals surface area contributed by atoms with Crippen LogP contribution in [0.2, 0.25) is 0 Å². The van der Waals surface area contributed by atoms with Crippen LogP contribution in [-0.4, -0.2) is 56.0 Å². The van der Waals surface area contributed by atoms with Gasteiger partial charge in [-0.3, -0.25) is 4.79 Å². The van der Waals surface area contributed by atoms with Crippen LogP contribution < -0.4 is 4.74 Å². The van der Waals surface area contributed by atoms with Gasteiger partial charge in [-0.25, -0.2) is 9.67 Å². The smallest absolute Gasteiger partial charge is 0.275 e. The summed E-state index contributed by atoms with van der Waals surface area (Å²) in [6.07, 6.45) is 3.59. The zero-order valence-electron chi connectivity index (χ0n) is 14.3. The van der Waals surface area contributed by atoms with E-state index in [1.807, 2.05) is 24.3 Å². The van der Waals surface area contributed by atoms with Crippen LogP contribution in [-0.2, 0) is 6.61 Å². The maximum atomic E-state index is 12.2. The highest BCUT2D eigenvalue weighted by atomic mass is 16.5. The average molecular weight is 357 g/mol. The van der Waals surface area contributed by atoms with Crippen molar-refractivity contribution in [1.82, 2.24) is 24.8 Å². The zero-order chi connectivity index (χ0) is 18.4. The highest BCUT2D eigenvalue weighted by molar-refractivity contribution is 5.92. The minimum Gasteiger partial charge on any atom is -0.486 e. The Kier molecular flexibility index (Phi) is 5.59. The lowest BCUT2D eigenvalue weighted by Gasteiger charge is -2.14. The fourth-order valence-corrected chi connectivity index (χ4v) is 2.28. The monoisotopic (exact) mass is 357 g/mol. The number of carbonyl (C=O) groups is 1. The summed E-state index contributed by atoms with van der Waals surface area (Å²) < 4.78 is 12.4. The third-order valence-electron chi connectivity index (χ3n) is 3.68. The number of aliphatic hydroxyl groups excluding tert-OH is 1. The molecule has 0 spiro atoms. The Hall–Kier alpha value is -3.20. The Bertz CT molecular complexity index is 829. The number of nitrogens with zero attached hydrogens (tertiary/aromatic N) is 5. The topological polar surface area (TPSA) is 107 Å². The van der Waals surface area contributed by atoms with E-state index in [9.17, 15) is 4.79 Å². The molecule has 0 aliphatic carbocycles. The summed E-state index contributed by atoms with van der Waals surface area (Å²) in [6, 6.07) is 8.89. The van der Waals surface area contributed by atoms with E-state index in [1.165, 1.54) is 11.2 Å². The number of rotatable bonds is 8. The Labute approximate surface area is 149 Å². The van der Waals surface area contributed by atoms with E-state index < -0.39 is 0 Å². The van der Waals surface area contributed by atoms with E-state index in [0.29, 0.717) is 24.5 Å². The van der Waals surface area contributed by atoms with Gasteiger partial charge >= 0.3 is 0 Å². The predicted molar refractivity (Wildman–Crippen MR) is 90.9 cm³/mol.